The predicted molar refractivity (Wildman–Crippen MR) is 0 cm³/mol. The normalized spacial score (nSPS) is 0. The van der Waals surface area contributed by atoms with Crippen LogP contribution in [0.2, 0.25) is 0 Å². The molecule has 0 aromatic rings. The van der Waals surface area contributed by atoms with Crippen molar-refractivity contribution < 1.29 is 88.2 Å². The topological polar surface area (TPSA) is 0 Å². The largest absolute Gasteiger partial charge is 0 e. The molecule has 0 spiro atoms. The molecule has 0 aliphatic heterocycles. The summed E-state index contributed by atoms with van der Waals surface area (Å²) in [5.74, 6) is 0. The van der Waals surface area contributed by atoms with Crippen molar-refractivity contribution in [3.63, 3.8) is 0 Å². The predicted octanol–water partition coefficient (Wildman–Crippen LogP) is -0.0100. The van der Waals surface area contributed by atoms with Crippen LogP contribution in [0.25, 0.3) is 0 Å². The van der Waals surface area contributed by atoms with Gasteiger partial charge in [0.25, 0.3) is 0 Å². The van der Waals surface area contributed by atoms with Gasteiger partial charge in [0.2, 0.25) is 0 Å². The Bertz CT molecular complexity index is 8.00. The smallest absolute Gasteiger partial charge is 0 e. The molecule has 20 valence electrons. The standard InChI is InChI=1S/Nb.V.W.Zr. The summed E-state index contributed by atoms with van der Waals surface area (Å²) in [7, 11) is 0. The summed E-state index contributed by atoms with van der Waals surface area (Å²) in [6, 6.07) is 0. The molecular weight excluding hydrogens is 419 g/mol. The third kappa shape index (κ3) is 8.86. The Morgan fingerprint density at radius 1 is 1.00 bits per heavy atom. The molecule has 0 rings (SSSR count). The summed E-state index contributed by atoms with van der Waals surface area (Å²) in [5.41, 5.74) is 0. The van der Waals surface area contributed by atoms with E-state index in [1.807, 2.05) is 0 Å². The Balaban J connectivity index is 0. The van der Waals surface area contributed by atoms with E-state index in [-0.39, 0.29) is 88.2 Å². The van der Waals surface area contributed by atoms with Crippen LogP contribution in [0.5, 0.6) is 0 Å². The molecular formula is NbVWZr. The van der Waals surface area contributed by atoms with Crippen LogP contribution in [0.15, 0.2) is 0 Å². The van der Waals surface area contributed by atoms with Crippen molar-refractivity contribution in [1.82, 2.24) is 0 Å². The SMILES string of the molecule is [Nb].[V].[W].[Zr]. The molecule has 0 saturated heterocycles. The van der Waals surface area contributed by atoms with Gasteiger partial charge in [-0.3, -0.25) is 0 Å². The van der Waals surface area contributed by atoms with Crippen LogP contribution in [-0.2, 0) is 88.2 Å². The summed E-state index contributed by atoms with van der Waals surface area (Å²) < 4.78 is 0. The van der Waals surface area contributed by atoms with Gasteiger partial charge >= 0.3 is 0 Å². The molecule has 0 amide bonds. The van der Waals surface area contributed by atoms with E-state index < -0.39 is 0 Å². The van der Waals surface area contributed by atoms with Gasteiger partial charge < -0.3 is 0 Å². The fourth-order valence-electron chi connectivity index (χ4n) is 0. The third-order valence-corrected chi connectivity index (χ3v) is 0. The minimum absolute atomic E-state index is 0. The van der Waals surface area contributed by atoms with Gasteiger partial charge in [0.05, 0.1) is 0 Å². The molecule has 0 fully saturated rings. The molecule has 0 unspecified atom stereocenters. The van der Waals surface area contributed by atoms with Gasteiger partial charge in [0.1, 0.15) is 0 Å². The maximum absolute atomic E-state index is 0. The van der Waals surface area contributed by atoms with Crippen molar-refractivity contribution in [2.75, 3.05) is 0 Å². The molecule has 0 N–H and O–H groups in total. The van der Waals surface area contributed by atoms with Crippen LogP contribution in [0.4, 0.5) is 0 Å². The molecule has 0 bridgehead atoms. The second-order valence-corrected chi connectivity index (χ2v) is 0. The Labute approximate surface area is 86.6 Å². The average Bonchev–Trinajstić information content (AvgIpc) is 0. The minimum Gasteiger partial charge on any atom is 0 e. The van der Waals surface area contributed by atoms with Gasteiger partial charge in [0, 0.05) is 88.2 Å². The van der Waals surface area contributed by atoms with Crippen LogP contribution in [-0.4, -0.2) is 0 Å². The maximum Gasteiger partial charge on any atom is 0 e. The Morgan fingerprint density at radius 2 is 1.00 bits per heavy atom. The summed E-state index contributed by atoms with van der Waals surface area (Å²) in [4.78, 5) is 0. The number of hydrogen-bond acceptors (Lipinski definition) is 0. The summed E-state index contributed by atoms with van der Waals surface area (Å²) >= 11 is 0. The Kier molecular flexibility index (Phi) is 120. The van der Waals surface area contributed by atoms with Crippen molar-refractivity contribution in [1.29, 1.82) is 0 Å². The maximum atomic E-state index is 0. The molecule has 0 atom stereocenters. The first kappa shape index (κ1) is 28.6. The van der Waals surface area contributed by atoms with Gasteiger partial charge in [-0.25, -0.2) is 0 Å². The van der Waals surface area contributed by atoms with Crippen LogP contribution < -0.4 is 0 Å². The monoisotopic (exact) mass is 418 g/mol. The molecule has 4 heavy (non-hydrogen) atoms. The molecule has 0 aliphatic rings. The summed E-state index contributed by atoms with van der Waals surface area (Å²) in [6.07, 6.45) is 0. The van der Waals surface area contributed by atoms with E-state index in [1.54, 1.807) is 0 Å². The fraction of sp³-hybridized carbons (Fsp3) is 0. The first-order valence-electron chi connectivity index (χ1n) is 0. The van der Waals surface area contributed by atoms with E-state index in [1.165, 1.54) is 0 Å². The first-order chi connectivity index (χ1) is 0. The van der Waals surface area contributed by atoms with E-state index in [2.05, 4.69) is 0 Å². The third-order valence-electron chi connectivity index (χ3n) is 0. The molecule has 4 heteroatoms. The quantitative estimate of drug-likeness (QED) is 0.485. The van der Waals surface area contributed by atoms with Crippen molar-refractivity contribution in [3.8, 4) is 0 Å². The number of rotatable bonds is 0. The van der Waals surface area contributed by atoms with Gasteiger partial charge in [-0.2, -0.15) is 0 Å². The second-order valence-electron chi connectivity index (χ2n) is 0. The Morgan fingerprint density at radius 3 is 1.00 bits per heavy atom. The second kappa shape index (κ2) is 16.9. The van der Waals surface area contributed by atoms with Crippen LogP contribution in [0.3, 0.4) is 0 Å². The molecule has 2 radical (unpaired) electrons. The number of hydrogen-bond donors (Lipinski definition) is 0. The molecule has 0 aromatic heterocycles. The summed E-state index contributed by atoms with van der Waals surface area (Å²) in [5, 5.41) is 0. The van der Waals surface area contributed by atoms with E-state index >= 15 is 0 Å². The Hall–Kier alpha value is 2.90. The first-order valence-corrected chi connectivity index (χ1v) is 0. The van der Waals surface area contributed by atoms with E-state index in [4.69, 9.17) is 0 Å². The van der Waals surface area contributed by atoms with Gasteiger partial charge in [-0.1, -0.05) is 0 Å². The molecule has 0 heterocycles. The van der Waals surface area contributed by atoms with Gasteiger partial charge in [-0.05, 0) is 0 Å². The minimum atomic E-state index is 0. The van der Waals surface area contributed by atoms with Crippen LogP contribution >= 0.6 is 0 Å². The molecule has 0 aromatic carbocycles. The van der Waals surface area contributed by atoms with Crippen LogP contribution in [0, 0.1) is 0 Å². The van der Waals surface area contributed by atoms with Gasteiger partial charge in [0.15, 0.2) is 0 Å². The van der Waals surface area contributed by atoms with Crippen LogP contribution in [0.1, 0.15) is 0 Å². The molecule has 0 nitrogen and oxygen atoms in total. The van der Waals surface area contributed by atoms with E-state index in [9.17, 15) is 0 Å². The van der Waals surface area contributed by atoms with Crippen molar-refractivity contribution in [2.24, 2.45) is 0 Å². The van der Waals surface area contributed by atoms with Crippen molar-refractivity contribution in [3.05, 3.63) is 0 Å². The average molecular weight is 419 g/mol. The van der Waals surface area contributed by atoms with Crippen molar-refractivity contribution in [2.45, 2.75) is 0 Å². The molecule has 0 saturated carbocycles. The zero-order valence-corrected chi connectivity index (χ0v) is 10.8. The molecule has 0 aliphatic carbocycles. The zero-order chi connectivity index (χ0) is 0. The zero-order valence-electron chi connectivity index (χ0n) is 1.80. The van der Waals surface area contributed by atoms with Crippen molar-refractivity contribution >= 4 is 0 Å². The van der Waals surface area contributed by atoms with Gasteiger partial charge in [-0.15, -0.1) is 0 Å². The van der Waals surface area contributed by atoms with E-state index in [0.717, 1.165) is 0 Å². The van der Waals surface area contributed by atoms with E-state index in [0.29, 0.717) is 0 Å². The summed E-state index contributed by atoms with van der Waals surface area (Å²) in [6.45, 7) is 0. The fourth-order valence-corrected chi connectivity index (χ4v) is 0.